The van der Waals surface area contributed by atoms with E-state index >= 15 is 0 Å². The molecule has 4 aromatic heterocycles. The van der Waals surface area contributed by atoms with Gasteiger partial charge in [0, 0.05) is 42.5 Å². The Morgan fingerprint density at radius 3 is 2.52 bits per heavy atom. The van der Waals surface area contributed by atoms with Crippen LogP contribution >= 0.6 is 11.6 Å². The van der Waals surface area contributed by atoms with Gasteiger partial charge in [0.25, 0.3) is 11.8 Å². The molecule has 0 spiro atoms. The molecule has 5 aromatic rings. The maximum atomic E-state index is 13.5. The lowest BCUT2D eigenvalue weighted by Gasteiger charge is -2.28. The zero-order chi connectivity index (χ0) is 28.2. The number of imidazole rings is 1. The first kappa shape index (κ1) is 26.7. The number of halogens is 1. The van der Waals surface area contributed by atoms with E-state index in [1.165, 1.54) is 12.3 Å². The van der Waals surface area contributed by atoms with E-state index in [9.17, 15) is 9.59 Å². The quantitative estimate of drug-likeness (QED) is 0.262. The summed E-state index contributed by atoms with van der Waals surface area (Å²) >= 11 is 5.95. The maximum absolute atomic E-state index is 13.5. The molecular formula is C28H26ClN9O2. The summed E-state index contributed by atoms with van der Waals surface area (Å²) in [5.74, 6) is 0.773. The SMILES string of the molecule is CCCN(C(=O)c1ccnc(Cl)n1)C(C)c1nc(-c2ccc(C(=O)Nc3ccccn3)cc2)c2c(N)nccn12. The number of rotatable bonds is 8. The number of hydrogen-bond donors (Lipinski definition) is 2. The van der Waals surface area contributed by atoms with Crippen LogP contribution in [0.4, 0.5) is 11.6 Å². The van der Waals surface area contributed by atoms with Crippen molar-refractivity contribution in [2.24, 2.45) is 0 Å². The van der Waals surface area contributed by atoms with Crippen LogP contribution < -0.4 is 11.1 Å². The van der Waals surface area contributed by atoms with Gasteiger partial charge < -0.3 is 16.0 Å². The number of nitrogens with zero attached hydrogens (tertiary/aromatic N) is 7. The minimum atomic E-state index is -0.451. The average molecular weight is 556 g/mol. The highest BCUT2D eigenvalue weighted by Crippen LogP contribution is 2.32. The van der Waals surface area contributed by atoms with Gasteiger partial charge in [-0.15, -0.1) is 0 Å². The van der Waals surface area contributed by atoms with Gasteiger partial charge in [-0.2, -0.15) is 0 Å². The molecule has 0 bridgehead atoms. The van der Waals surface area contributed by atoms with Crippen LogP contribution in [0.15, 0.2) is 73.3 Å². The summed E-state index contributed by atoms with van der Waals surface area (Å²) in [7, 11) is 0. The Balaban J connectivity index is 1.50. The Morgan fingerprint density at radius 2 is 1.82 bits per heavy atom. The number of hydrogen-bond acceptors (Lipinski definition) is 8. The molecule has 3 N–H and O–H groups in total. The van der Waals surface area contributed by atoms with Crippen molar-refractivity contribution >= 4 is 40.6 Å². The van der Waals surface area contributed by atoms with Crippen molar-refractivity contribution in [2.45, 2.75) is 26.3 Å². The summed E-state index contributed by atoms with van der Waals surface area (Å²) in [6.45, 7) is 4.35. The number of anilines is 2. The number of fused-ring (bicyclic) bond motifs is 1. The highest BCUT2D eigenvalue weighted by molar-refractivity contribution is 6.28. The first-order valence-corrected chi connectivity index (χ1v) is 13.0. The number of benzene rings is 1. The fourth-order valence-electron chi connectivity index (χ4n) is 4.44. The van der Waals surface area contributed by atoms with Crippen LogP contribution in [0.25, 0.3) is 16.8 Å². The Labute approximate surface area is 235 Å². The van der Waals surface area contributed by atoms with Gasteiger partial charge in [-0.05, 0) is 55.3 Å². The van der Waals surface area contributed by atoms with Gasteiger partial charge in [-0.25, -0.2) is 24.9 Å². The molecule has 0 fully saturated rings. The molecule has 202 valence electrons. The van der Waals surface area contributed by atoms with Crippen LogP contribution in [0.2, 0.25) is 5.28 Å². The van der Waals surface area contributed by atoms with Crippen LogP contribution in [0.3, 0.4) is 0 Å². The van der Waals surface area contributed by atoms with E-state index in [1.54, 1.807) is 66.0 Å². The van der Waals surface area contributed by atoms with Crippen molar-refractivity contribution in [3.8, 4) is 11.3 Å². The highest BCUT2D eigenvalue weighted by Gasteiger charge is 2.28. The first-order valence-electron chi connectivity index (χ1n) is 12.6. The standard InChI is InChI=1S/C28H26ClN9O2/c1-3-15-37(27(40)20-11-13-33-28(29)34-20)17(2)25-36-22(23-24(30)32-14-16-38(23)25)18-7-9-19(10-8-18)26(39)35-21-6-4-5-12-31-21/h4-14,16-17H,3,15H2,1-2H3,(H2,30,32)(H,31,35,39). The number of carbonyl (C=O) groups is 2. The molecule has 0 aliphatic rings. The average Bonchev–Trinajstić information content (AvgIpc) is 3.37. The number of carbonyl (C=O) groups excluding carboxylic acids is 2. The Bertz CT molecular complexity index is 1670. The van der Waals surface area contributed by atoms with Gasteiger partial charge in [-0.3, -0.25) is 14.0 Å². The van der Waals surface area contributed by atoms with E-state index in [2.05, 4.69) is 25.3 Å². The van der Waals surface area contributed by atoms with Gasteiger partial charge in [0.2, 0.25) is 5.28 Å². The van der Waals surface area contributed by atoms with Gasteiger partial charge >= 0.3 is 0 Å². The molecule has 0 saturated heterocycles. The molecule has 40 heavy (non-hydrogen) atoms. The molecule has 1 unspecified atom stereocenters. The van der Waals surface area contributed by atoms with Gasteiger partial charge in [0.1, 0.15) is 34.4 Å². The van der Waals surface area contributed by atoms with E-state index in [1.807, 2.05) is 18.2 Å². The Kier molecular flexibility index (Phi) is 7.65. The predicted molar refractivity (Wildman–Crippen MR) is 152 cm³/mol. The topological polar surface area (TPSA) is 144 Å². The molecule has 4 heterocycles. The monoisotopic (exact) mass is 555 g/mol. The smallest absolute Gasteiger partial charge is 0.273 e. The Morgan fingerprint density at radius 1 is 1.02 bits per heavy atom. The normalized spacial score (nSPS) is 11.8. The summed E-state index contributed by atoms with van der Waals surface area (Å²) in [5.41, 5.74) is 8.89. The highest BCUT2D eigenvalue weighted by atomic mass is 35.5. The third kappa shape index (κ3) is 5.32. The molecule has 0 saturated carbocycles. The van der Waals surface area contributed by atoms with Gasteiger partial charge in [0.15, 0.2) is 0 Å². The van der Waals surface area contributed by atoms with Crippen molar-refractivity contribution in [1.29, 1.82) is 0 Å². The largest absolute Gasteiger partial charge is 0.382 e. The van der Waals surface area contributed by atoms with Gasteiger partial charge in [-0.1, -0.05) is 25.1 Å². The van der Waals surface area contributed by atoms with Crippen LogP contribution in [-0.4, -0.2) is 52.6 Å². The van der Waals surface area contributed by atoms with E-state index in [-0.39, 0.29) is 28.6 Å². The summed E-state index contributed by atoms with van der Waals surface area (Å²) in [5, 5.41) is 2.77. The third-order valence-electron chi connectivity index (χ3n) is 6.35. The van der Waals surface area contributed by atoms with Crippen LogP contribution in [-0.2, 0) is 0 Å². The van der Waals surface area contributed by atoms with Crippen LogP contribution in [0.1, 0.15) is 53.0 Å². The second-order valence-electron chi connectivity index (χ2n) is 8.98. The number of aromatic nitrogens is 6. The summed E-state index contributed by atoms with van der Waals surface area (Å²) < 4.78 is 1.84. The lowest BCUT2D eigenvalue weighted by atomic mass is 10.1. The maximum Gasteiger partial charge on any atom is 0.273 e. The first-order chi connectivity index (χ1) is 19.4. The van der Waals surface area contributed by atoms with E-state index in [0.717, 1.165) is 12.0 Å². The second-order valence-corrected chi connectivity index (χ2v) is 9.32. The lowest BCUT2D eigenvalue weighted by Crippen LogP contribution is -2.35. The number of nitrogen functional groups attached to an aromatic ring is 1. The van der Waals surface area contributed by atoms with Crippen molar-refractivity contribution < 1.29 is 9.59 Å². The minimum Gasteiger partial charge on any atom is -0.382 e. The van der Waals surface area contributed by atoms with Crippen molar-refractivity contribution in [2.75, 3.05) is 17.6 Å². The lowest BCUT2D eigenvalue weighted by molar-refractivity contribution is 0.0676. The molecule has 1 atom stereocenters. The zero-order valence-corrected chi connectivity index (χ0v) is 22.6. The molecule has 5 rings (SSSR count). The number of nitrogens with two attached hydrogens (primary N) is 1. The molecule has 12 heteroatoms. The minimum absolute atomic E-state index is 0.000457. The van der Waals surface area contributed by atoms with E-state index in [0.29, 0.717) is 35.0 Å². The van der Waals surface area contributed by atoms with Gasteiger partial charge in [0.05, 0.1) is 6.04 Å². The summed E-state index contributed by atoms with van der Waals surface area (Å²) in [6.07, 6.45) is 7.13. The summed E-state index contributed by atoms with van der Waals surface area (Å²) in [4.78, 5) is 49.2. The Hall–Kier alpha value is -4.90. The second kappa shape index (κ2) is 11.5. The van der Waals surface area contributed by atoms with Crippen LogP contribution in [0.5, 0.6) is 0 Å². The summed E-state index contributed by atoms with van der Waals surface area (Å²) in [6, 6.07) is 13.4. The molecule has 1 aromatic carbocycles. The van der Waals surface area contributed by atoms with Crippen LogP contribution in [0, 0.1) is 0 Å². The fraction of sp³-hybridized carbons (Fsp3) is 0.179. The number of amides is 2. The number of pyridine rings is 1. The zero-order valence-electron chi connectivity index (χ0n) is 21.8. The predicted octanol–water partition coefficient (Wildman–Crippen LogP) is 4.68. The van der Waals surface area contributed by atoms with E-state index in [4.69, 9.17) is 22.3 Å². The third-order valence-corrected chi connectivity index (χ3v) is 6.53. The van der Waals surface area contributed by atoms with E-state index < -0.39 is 6.04 Å². The molecule has 0 aliphatic heterocycles. The van der Waals surface area contributed by atoms with Crippen molar-refractivity contribution in [3.05, 3.63) is 95.7 Å². The fourth-order valence-corrected chi connectivity index (χ4v) is 4.59. The molecule has 11 nitrogen and oxygen atoms in total. The molecule has 2 amide bonds. The molecular weight excluding hydrogens is 530 g/mol. The van der Waals surface area contributed by atoms with Crippen molar-refractivity contribution in [1.82, 2.24) is 34.2 Å². The molecule has 0 radical (unpaired) electrons. The molecule has 0 aliphatic carbocycles. The number of nitrogens with one attached hydrogen (secondary N) is 1. The van der Waals surface area contributed by atoms with Crippen molar-refractivity contribution in [3.63, 3.8) is 0 Å².